The molecule has 1 aliphatic heterocycles. The normalized spacial score (nSPS) is 15.8. The van der Waals surface area contributed by atoms with Crippen LogP contribution in [-0.4, -0.2) is 29.1 Å². The second kappa shape index (κ2) is 7.90. The zero-order valence-electron chi connectivity index (χ0n) is 14.7. The summed E-state index contributed by atoms with van der Waals surface area (Å²) < 4.78 is 5.57. The Morgan fingerprint density at radius 2 is 2.04 bits per heavy atom. The van der Waals surface area contributed by atoms with Crippen molar-refractivity contribution in [2.24, 2.45) is 0 Å². The molecule has 0 atom stereocenters. The smallest absolute Gasteiger partial charge is 0.270 e. The number of ether oxygens (including phenoxy) is 1. The van der Waals surface area contributed by atoms with E-state index in [0.717, 1.165) is 0 Å². The number of nitrogens with one attached hydrogen (secondary N) is 1. The number of aromatic hydroxyl groups is 1. The van der Waals surface area contributed by atoms with Crippen LogP contribution in [0.2, 0.25) is 5.02 Å². The monoisotopic (exact) mass is 480 g/mol. The zero-order valence-corrected chi connectivity index (χ0v) is 17.9. The summed E-state index contributed by atoms with van der Waals surface area (Å²) in [7, 11) is 1.40. The third kappa shape index (κ3) is 3.63. The van der Waals surface area contributed by atoms with Crippen molar-refractivity contribution < 1.29 is 19.4 Å². The Bertz CT molecular complexity index is 1050. The number of carbonyl (C=O) groups is 2. The molecule has 6 nitrogen and oxygen atoms in total. The van der Waals surface area contributed by atoms with Crippen molar-refractivity contribution in [3.05, 3.63) is 56.5 Å². The van der Waals surface area contributed by atoms with Crippen LogP contribution in [0.15, 0.2) is 40.4 Å². The molecule has 1 fully saturated rings. The number of amides is 2. The molecular formula is C19H14BrClN2O4S. The maximum absolute atomic E-state index is 13.1. The van der Waals surface area contributed by atoms with Gasteiger partial charge in [-0.2, -0.15) is 0 Å². The lowest BCUT2D eigenvalue weighted by Crippen LogP contribution is -2.54. The SMILES string of the molecule is COc1cc(C=C2C(=O)NC(=S)N(c3cccc(Cl)c3C)C2=O)c(Br)cc1O. The fourth-order valence-corrected chi connectivity index (χ4v) is 3.59. The van der Waals surface area contributed by atoms with Crippen molar-refractivity contribution >= 4 is 68.4 Å². The summed E-state index contributed by atoms with van der Waals surface area (Å²) in [6.45, 7) is 1.76. The van der Waals surface area contributed by atoms with E-state index in [1.165, 1.54) is 30.2 Å². The lowest BCUT2D eigenvalue weighted by molar-refractivity contribution is -0.122. The average Bonchev–Trinajstić information content (AvgIpc) is 2.63. The molecule has 1 aliphatic rings. The maximum atomic E-state index is 13.1. The Balaban J connectivity index is 2.11. The minimum absolute atomic E-state index is 0.0279. The molecule has 0 saturated carbocycles. The van der Waals surface area contributed by atoms with E-state index in [4.69, 9.17) is 28.6 Å². The third-order valence-electron chi connectivity index (χ3n) is 4.18. The summed E-state index contributed by atoms with van der Waals surface area (Å²) in [4.78, 5) is 26.8. The topological polar surface area (TPSA) is 78.9 Å². The first-order chi connectivity index (χ1) is 13.2. The molecule has 0 bridgehead atoms. The van der Waals surface area contributed by atoms with Gasteiger partial charge in [0.2, 0.25) is 0 Å². The highest BCUT2D eigenvalue weighted by atomic mass is 79.9. The largest absolute Gasteiger partial charge is 0.504 e. The number of carbonyl (C=O) groups excluding carboxylic acids is 2. The average molecular weight is 482 g/mol. The van der Waals surface area contributed by atoms with Crippen LogP contribution < -0.4 is 15.0 Å². The Labute approximate surface area is 179 Å². The van der Waals surface area contributed by atoms with Crippen molar-refractivity contribution in [1.82, 2.24) is 5.32 Å². The molecule has 3 rings (SSSR count). The van der Waals surface area contributed by atoms with E-state index < -0.39 is 11.8 Å². The van der Waals surface area contributed by atoms with Gasteiger partial charge in [-0.3, -0.25) is 19.8 Å². The molecule has 0 radical (unpaired) electrons. The number of phenolic OH excluding ortho intramolecular Hbond substituents is 1. The number of rotatable bonds is 3. The molecule has 144 valence electrons. The predicted molar refractivity (Wildman–Crippen MR) is 115 cm³/mol. The maximum Gasteiger partial charge on any atom is 0.270 e. The Kier molecular flexibility index (Phi) is 5.74. The van der Waals surface area contributed by atoms with E-state index in [-0.39, 0.29) is 22.2 Å². The molecule has 0 spiro atoms. The number of thiocarbonyl (C=S) groups is 1. The minimum atomic E-state index is -0.620. The summed E-state index contributed by atoms with van der Waals surface area (Å²) in [5.41, 5.74) is 1.49. The van der Waals surface area contributed by atoms with Crippen LogP contribution in [0, 0.1) is 6.92 Å². The molecule has 0 aromatic heterocycles. The second-order valence-corrected chi connectivity index (χ2v) is 7.54. The highest BCUT2D eigenvalue weighted by Crippen LogP contribution is 2.34. The standard InChI is InChI=1S/C19H14BrClN2O4S/c1-9-13(21)4-3-5-14(9)23-18(26)11(17(25)22-19(23)28)6-10-7-16(27-2)15(24)8-12(10)20/h3-8,24H,1-2H3,(H,22,25,28). The van der Waals surface area contributed by atoms with E-state index in [0.29, 0.717) is 26.3 Å². The van der Waals surface area contributed by atoms with E-state index in [2.05, 4.69) is 21.2 Å². The lowest BCUT2D eigenvalue weighted by atomic mass is 10.1. The van der Waals surface area contributed by atoms with Gasteiger partial charge < -0.3 is 9.84 Å². The Hall–Kier alpha value is -2.42. The summed E-state index contributed by atoms with van der Waals surface area (Å²) in [5.74, 6) is -1.08. The van der Waals surface area contributed by atoms with Gasteiger partial charge in [0, 0.05) is 9.50 Å². The van der Waals surface area contributed by atoms with Crippen LogP contribution in [0.5, 0.6) is 11.5 Å². The van der Waals surface area contributed by atoms with Crippen LogP contribution in [0.1, 0.15) is 11.1 Å². The lowest BCUT2D eigenvalue weighted by Gasteiger charge is -2.30. The Morgan fingerprint density at radius 1 is 1.32 bits per heavy atom. The van der Waals surface area contributed by atoms with Gasteiger partial charge in [0.05, 0.1) is 12.8 Å². The van der Waals surface area contributed by atoms with Crippen molar-refractivity contribution in [2.75, 3.05) is 12.0 Å². The van der Waals surface area contributed by atoms with Crippen LogP contribution in [0.3, 0.4) is 0 Å². The summed E-state index contributed by atoms with van der Waals surface area (Å²) >= 11 is 14.7. The van der Waals surface area contributed by atoms with Crippen molar-refractivity contribution in [2.45, 2.75) is 6.92 Å². The third-order valence-corrected chi connectivity index (χ3v) is 5.56. The quantitative estimate of drug-likeness (QED) is 0.394. The van der Waals surface area contributed by atoms with E-state index in [1.54, 1.807) is 25.1 Å². The van der Waals surface area contributed by atoms with E-state index >= 15 is 0 Å². The van der Waals surface area contributed by atoms with Gasteiger partial charge in [-0.15, -0.1) is 0 Å². The van der Waals surface area contributed by atoms with Crippen LogP contribution in [0.25, 0.3) is 6.08 Å². The number of nitrogens with zero attached hydrogens (tertiary/aromatic N) is 1. The highest BCUT2D eigenvalue weighted by molar-refractivity contribution is 9.10. The fraction of sp³-hybridized carbons (Fsp3) is 0.105. The zero-order chi connectivity index (χ0) is 20.6. The van der Waals surface area contributed by atoms with E-state index in [9.17, 15) is 14.7 Å². The molecule has 2 aromatic rings. The summed E-state index contributed by atoms with van der Waals surface area (Å²) in [5, 5.41) is 12.8. The van der Waals surface area contributed by atoms with Gasteiger partial charge in [-0.05, 0) is 60.6 Å². The number of methoxy groups -OCH3 is 1. The fourth-order valence-electron chi connectivity index (χ4n) is 2.70. The number of phenols is 1. The molecule has 28 heavy (non-hydrogen) atoms. The number of anilines is 1. The van der Waals surface area contributed by atoms with Gasteiger partial charge in [0.15, 0.2) is 16.6 Å². The second-order valence-electron chi connectivity index (χ2n) is 5.89. The van der Waals surface area contributed by atoms with Crippen LogP contribution >= 0.6 is 39.7 Å². The van der Waals surface area contributed by atoms with E-state index in [1.807, 2.05) is 0 Å². The van der Waals surface area contributed by atoms with Gasteiger partial charge in [0.1, 0.15) is 5.57 Å². The van der Waals surface area contributed by atoms with Crippen LogP contribution in [-0.2, 0) is 9.59 Å². The number of hydrogen-bond acceptors (Lipinski definition) is 5. The van der Waals surface area contributed by atoms with Gasteiger partial charge in [-0.1, -0.05) is 33.6 Å². The molecule has 2 N–H and O–H groups in total. The minimum Gasteiger partial charge on any atom is -0.504 e. The molecule has 1 heterocycles. The molecule has 0 aliphatic carbocycles. The van der Waals surface area contributed by atoms with Gasteiger partial charge in [-0.25, -0.2) is 0 Å². The van der Waals surface area contributed by atoms with Crippen molar-refractivity contribution in [1.29, 1.82) is 0 Å². The first-order valence-corrected chi connectivity index (χ1v) is 9.55. The number of hydrogen-bond donors (Lipinski definition) is 2. The molecule has 0 unspecified atom stereocenters. The molecule has 1 saturated heterocycles. The highest BCUT2D eigenvalue weighted by Gasteiger charge is 2.35. The predicted octanol–water partition coefficient (Wildman–Crippen LogP) is 3.96. The molecule has 2 amide bonds. The Morgan fingerprint density at radius 3 is 2.71 bits per heavy atom. The van der Waals surface area contributed by atoms with Crippen molar-refractivity contribution in [3.8, 4) is 11.5 Å². The molecule has 2 aromatic carbocycles. The van der Waals surface area contributed by atoms with Crippen molar-refractivity contribution in [3.63, 3.8) is 0 Å². The number of benzene rings is 2. The van der Waals surface area contributed by atoms with Gasteiger partial charge >= 0.3 is 0 Å². The molecular weight excluding hydrogens is 468 g/mol. The summed E-state index contributed by atoms with van der Waals surface area (Å²) in [6.07, 6.45) is 1.40. The summed E-state index contributed by atoms with van der Waals surface area (Å²) in [6, 6.07) is 8.02. The molecule has 9 heteroatoms. The first kappa shape index (κ1) is 20.3. The first-order valence-electron chi connectivity index (χ1n) is 7.97. The van der Waals surface area contributed by atoms with Gasteiger partial charge in [0.25, 0.3) is 11.8 Å². The van der Waals surface area contributed by atoms with Crippen LogP contribution in [0.4, 0.5) is 5.69 Å². The number of halogens is 2.